The number of hydrogen-bond acceptors (Lipinski definition) is 3. The van der Waals surface area contributed by atoms with E-state index in [0.717, 1.165) is 12.8 Å². The molecule has 1 saturated heterocycles. The lowest BCUT2D eigenvalue weighted by molar-refractivity contribution is -0.152. The summed E-state index contributed by atoms with van der Waals surface area (Å²) in [7, 11) is 0. The first kappa shape index (κ1) is 13.9. The largest absolute Gasteiger partial charge is 0.393 e. The lowest BCUT2D eigenvalue weighted by atomic mass is 10.1. The van der Waals surface area contributed by atoms with Crippen LogP contribution in [0.5, 0.6) is 0 Å². The molecule has 0 aliphatic carbocycles. The standard InChI is InChI=1S/C14H22O3/c1-2-3-4-5-6-7-8-9-10-12-11-13(15)17-14(12)16/h9-10,12H,2-8,11H2,1H3/b10-9-/t12-/m1/s1. The number of carbonyl (C=O) groups is 2. The molecule has 0 aromatic carbocycles. The Morgan fingerprint density at radius 2 is 1.88 bits per heavy atom. The Bertz CT molecular complexity index is 281. The first-order valence-corrected chi connectivity index (χ1v) is 6.65. The van der Waals surface area contributed by atoms with Crippen molar-refractivity contribution < 1.29 is 14.3 Å². The summed E-state index contributed by atoms with van der Waals surface area (Å²) in [5, 5.41) is 0. The van der Waals surface area contributed by atoms with Crippen molar-refractivity contribution in [3.8, 4) is 0 Å². The quantitative estimate of drug-likeness (QED) is 0.282. The van der Waals surface area contributed by atoms with Crippen LogP contribution in [-0.2, 0) is 14.3 Å². The van der Waals surface area contributed by atoms with Crippen LogP contribution in [0.15, 0.2) is 12.2 Å². The molecule has 0 amide bonds. The van der Waals surface area contributed by atoms with Crippen molar-refractivity contribution in [2.24, 2.45) is 5.92 Å². The molecule has 17 heavy (non-hydrogen) atoms. The van der Waals surface area contributed by atoms with Gasteiger partial charge < -0.3 is 4.74 Å². The summed E-state index contributed by atoms with van der Waals surface area (Å²) in [6.45, 7) is 2.21. The third kappa shape index (κ3) is 5.66. The van der Waals surface area contributed by atoms with E-state index in [0.29, 0.717) is 0 Å². The van der Waals surface area contributed by atoms with Crippen LogP contribution in [-0.4, -0.2) is 11.9 Å². The Kier molecular flexibility index (Phi) is 6.60. The van der Waals surface area contributed by atoms with E-state index < -0.39 is 11.9 Å². The Morgan fingerprint density at radius 1 is 1.18 bits per heavy atom. The maximum Gasteiger partial charge on any atom is 0.321 e. The SMILES string of the molecule is CCCCCCCC/C=C\[C@@H]1CC(=O)OC1=O. The van der Waals surface area contributed by atoms with E-state index in [9.17, 15) is 9.59 Å². The highest BCUT2D eigenvalue weighted by atomic mass is 16.6. The highest BCUT2D eigenvalue weighted by Crippen LogP contribution is 2.17. The first-order chi connectivity index (χ1) is 8.24. The molecule has 0 bridgehead atoms. The zero-order chi connectivity index (χ0) is 12.5. The van der Waals surface area contributed by atoms with Crippen molar-refractivity contribution in [2.45, 2.75) is 58.3 Å². The number of rotatable bonds is 8. The second-order valence-corrected chi connectivity index (χ2v) is 4.59. The van der Waals surface area contributed by atoms with Gasteiger partial charge in [0.2, 0.25) is 0 Å². The number of cyclic esters (lactones) is 2. The molecule has 0 aromatic rings. The minimum absolute atomic E-state index is 0.214. The van der Waals surface area contributed by atoms with Gasteiger partial charge in [0.25, 0.3) is 0 Å². The predicted octanol–water partition coefficient (Wildman–Crippen LogP) is 3.38. The lowest BCUT2D eigenvalue weighted by Gasteiger charge is -1.98. The van der Waals surface area contributed by atoms with E-state index in [4.69, 9.17) is 0 Å². The highest BCUT2D eigenvalue weighted by molar-refractivity contribution is 5.95. The first-order valence-electron chi connectivity index (χ1n) is 6.65. The fourth-order valence-corrected chi connectivity index (χ4v) is 1.94. The van der Waals surface area contributed by atoms with Crippen LogP contribution in [0.3, 0.4) is 0 Å². The second kappa shape index (κ2) is 8.04. The van der Waals surface area contributed by atoms with Gasteiger partial charge in [0.05, 0.1) is 12.3 Å². The molecule has 1 fully saturated rings. The molecule has 1 aliphatic heterocycles. The molecule has 0 unspecified atom stereocenters. The minimum Gasteiger partial charge on any atom is -0.393 e. The fourth-order valence-electron chi connectivity index (χ4n) is 1.94. The average molecular weight is 238 g/mol. The number of esters is 2. The number of unbranched alkanes of at least 4 members (excludes halogenated alkanes) is 6. The van der Waals surface area contributed by atoms with Crippen LogP contribution in [0.25, 0.3) is 0 Å². The molecular weight excluding hydrogens is 216 g/mol. The van der Waals surface area contributed by atoms with E-state index in [-0.39, 0.29) is 12.3 Å². The van der Waals surface area contributed by atoms with Crippen molar-refractivity contribution in [1.82, 2.24) is 0 Å². The summed E-state index contributed by atoms with van der Waals surface area (Å²) in [5.74, 6) is -1.12. The third-order valence-corrected chi connectivity index (χ3v) is 3.00. The minimum atomic E-state index is -0.399. The van der Waals surface area contributed by atoms with Crippen LogP contribution >= 0.6 is 0 Å². The van der Waals surface area contributed by atoms with E-state index in [1.54, 1.807) is 0 Å². The Balaban J connectivity index is 2.02. The van der Waals surface area contributed by atoms with Gasteiger partial charge >= 0.3 is 11.9 Å². The van der Waals surface area contributed by atoms with Gasteiger partial charge in [-0.3, -0.25) is 9.59 Å². The zero-order valence-electron chi connectivity index (χ0n) is 10.6. The molecule has 3 nitrogen and oxygen atoms in total. The fraction of sp³-hybridized carbons (Fsp3) is 0.714. The van der Waals surface area contributed by atoms with Gasteiger partial charge in [-0.05, 0) is 12.8 Å². The van der Waals surface area contributed by atoms with Gasteiger partial charge in [-0.2, -0.15) is 0 Å². The Hall–Kier alpha value is -1.12. The number of carbonyl (C=O) groups excluding carboxylic acids is 2. The van der Waals surface area contributed by atoms with Gasteiger partial charge in [-0.15, -0.1) is 0 Å². The summed E-state index contributed by atoms with van der Waals surface area (Å²) in [5.41, 5.74) is 0. The van der Waals surface area contributed by atoms with E-state index in [2.05, 4.69) is 11.7 Å². The van der Waals surface area contributed by atoms with E-state index >= 15 is 0 Å². The molecule has 0 N–H and O–H groups in total. The van der Waals surface area contributed by atoms with Crippen LogP contribution < -0.4 is 0 Å². The van der Waals surface area contributed by atoms with Crippen LogP contribution in [0.1, 0.15) is 58.3 Å². The number of allylic oxidation sites excluding steroid dienone is 1. The maximum absolute atomic E-state index is 11.1. The average Bonchev–Trinajstić information content (AvgIpc) is 2.61. The highest BCUT2D eigenvalue weighted by Gasteiger charge is 2.30. The molecule has 0 saturated carbocycles. The van der Waals surface area contributed by atoms with Gasteiger partial charge in [-0.1, -0.05) is 51.2 Å². The molecule has 0 radical (unpaired) electrons. The van der Waals surface area contributed by atoms with E-state index in [1.807, 2.05) is 12.2 Å². The second-order valence-electron chi connectivity index (χ2n) is 4.59. The summed E-state index contributed by atoms with van der Waals surface area (Å²) in [6.07, 6.45) is 12.7. The summed E-state index contributed by atoms with van der Waals surface area (Å²) >= 11 is 0. The molecule has 0 spiro atoms. The van der Waals surface area contributed by atoms with Crippen molar-refractivity contribution in [2.75, 3.05) is 0 Å². The molecule has 1 heterocycles. The van der Waals surface area contributed by atoms with Gasteiger partial charge in [0, 0.05) is 0 Å². The maximum atomic E-state index is 11.1. The summed E-state index contributed by atoms with van der Waals surface area (Å²) in [6, 6.07) is 0. The van der Waals surface area contributed by atoms with E-state index in [1.165, 1.54) is 32.1 Å². The summed E-state index contributed by atoms with van der Waals surface area (Å²) < 4.78 is 4.47. The monoisotopic (exact) mass is 238 g/mol. The zero-order valence-corrected chi connectivity index (χ0v) is 10.6. The van der Waals surface area contributed by atoms with Crippen molar-refractivity contribution in [1.29, 1.82) is 0 Å². The molecule has 0 aromatic heterocycles. The molecular formula is C14H22O3. The van der Waals surface area contributed by atoms with Crippen LogP contribution in [0.4, 0.5) is 0 Å². The third-order valence-electron chi connectivity index (χ3n) is 3.00. The topological polar surface area (TPSA) is 43.4 Å². The Labute approximate surface area is 103 Å². The number of ether oxygens (including phenoxy) is 1. The summed E-state index contributed by atoms with van der Waals surface area (Å²) in [4.78, 5) is 22.0. The molecule has 1 atom stereocenters. The van der Waals surface area contributed by atoms with Gasteiger partial charge in [0.1, 0.15) is 0 Å². The Morgan fingerprint density at radius 3 is 2.53 bits per heavy atom. The van der Waals surface area contributed by atoms with Crippen LogP contribution in [0.2, 0.25) is 0 Å². The predicted molar refractivity (Wildman–Crippen MR) is 66.3 cm³/mol. The van der Waals surface area contributed by atoms with Crippen molar-refractivity contribution in [3.63, 3.8) is 0 Å². The molecule has 1 aliphatic rings. The van der Waals surface area contributed by atoms with Gasteiger partial charge in [-0.25, -0.2) is 0 Å². The van der Waals surface area contributed by atoms with Crippen molar-refractivity contribution in [3.05, 3.63) is 12.2 Å². The normalized spacial score (nSPS) is 20.2. The molecule has 3 heteroatoms. The number of hydrogen-bond donors (Lipinski definition) is 0. The van der Waals surface area contributed by atoms with Gasteiger partial charge in [0.15, 0.2) is 0 Å². The molecule has 1 rings (SSSR count). The smallest absolute Gasteiger partial charge is 0.321 e. The molecule has 96 valence electrons. The van der Waals surface area contributed by atoms with Crippen molar-refractivity contribution >= 4 is 11.9 Å². The lowest BCUT2D eigenvalue weighted by Crippen LogP contribution is -2.03. The van der Waals surface area contributed by atoms with Crippen LogP contribution in [0, 0.1) is 5.92 Å².